The maximum Gasteiger partial charge on any atom is -1.00 e. The predicted molar refractivity (Wildman–Crippen MR) is 116 cm³/mol. The summed E-state index contributed by atoms with van der Waals surface area (Å²) in [6.07, 6.45) is 18.0. The molecule has 0 saturated carbocycles. The van der Waals surface area contributed by atoms with Gasteiger partial charge in [0.1, 0.15) is 0 Å². The molecule has 0 heterocycles. The van der Waals surface area contributed by atoms with Crippen LogP contribution in [-0.2, 0) is 23.3 Å². The molecule has 4 heteroatoms. The minimum atomic E-state index is 0. The summed E-state index contributed by atoms with van der Waals surface area (Å²) in [6.45, 7) is 22.5. The second-order valence-electron chi connectivity index (χ2n) is 9.40. The van der Waals surface area contributed by atoms with Gasteiger partial charge in [-0.3, -0.25) is 12.2 Å². The summed E-state index contributed by atoms with van der Waals surface area (Å²) in [5.41, 5.74) is 3.68. The van der Waals surface area contributed by atoms with Gasteiger partial charge in [0.05, 0.1) is 0 Å². The molecule has 0 aliphatic heterocycles. The molecule has 2 rings (SSSR count). The fourth-order valence-electron chi connectivity index (χ4n) is 2.42. The quantitative estimate of drug-likeness (QED) is 0.384. The summed E-state index contributed by atoms with van der Waals surface area (Å²) in [5.74, 6) is 1.15. The molecule has 0 N–H and O–H groups in total. The fourth-order valence-corrected chi connectivity index (χ4v) is 2.42. The van der Waals surface area contributed by atoms with Gasteiger partial charge in [0.15, 0.2) is 0 Å². The molecule has 160 valence electrons. The largest absolute Gasteiger partial charge is 1.00 e. The third-order valence-corrected chi connectivity index (χ3v) is 4.28. The van der Waals surface area contributed by atoms with Crippen LogP contribution in [-0.4, -0.2) is 5.43 Å². The third-order valence-electron chi connectivity index (χ3n) is 4.28. The van der Waals surface area contributed by atoms with Gasteiger partial charge in [0.2, 0.25) is 0 Å². The number of hydrogen-bond donors (Lipinski definition) is 0. The van der Waals surface area contributed by atoms with Crippen molar-refractivity contribution in [1.82, 2.24) is 0 Å². The molecular weight excluding hydrogens is 478 g/mol. The van der Waals surface area contributed by atoms with Gasteiger partial charge < -0.3 is 24.8 Å². The molecule has 28 heavy (non-hydrogen) atoms. The average Bonchev–Trinajstić information content (AvgIpc) is 3.15. The zero-order valence-corrected chi connectivity index (χ0v) is 24.6. The Morgan fingerprint density at radius 1 is 0.786 bits per heavy atom. The van der Waals surface area contributed by atoms with E-state index in [0.717, 1.165) is 0 Å². The first-order valence-electron chi connectivity index (χ1n) is 9.96. The predicted octanol–water partition coefficient (Wildman–Crippen LogP) is 1.51. The van der Waals surface area contributed by atoms with Crippen molar-refractivity contribution in [2.24, 2.45) is 22.7 Å². The molecule has 0 bridgehead atoms. The minimum absolute atomic E-state index is 0. The maximum atomic E-state index is 3.35. The van der Waals surface area contributed by atoms with Crippen molar-refractivity contribution in [2.45, 2.75) is 81.3 Å². The van der Waals surface area contributed by atoms with E-state index in [1.165, 1.54) is 24.0 Å². The van der Waals surface area contributed by atoms with Crippen LogP contribution < -0.4 is 24.8 Å². The Hall–Kier alpha value is 0.640. The summed E-state index contributed by atoms with van der Waals surface area (Å²) in [5, 5.41) is 0. The number of halogens is 2. The van der Waals surface area contributed by atoms with Crippen LogP contribution in [0.25, 0.3) is 0 Å². The molecule has 0 nitrogen and oxygen atoms in total. The minimum Gasteiger partial charge on any atom is -1.00 e. The van der Waals surface area contributed by atoms with Crippen LogP contribution in [0.3, 0.4) is 0 Å². The summed E-state index contributed by atoms with van der Waals surface area (Å²) < 4.78 is 0. The van der Waals surface area contributed by atoms with Crippen LogP contribution in [0.2, 0.25) is 13.1 Å². The summed E-state index contributed by atoms with van der Waals surface area (Å²) in [7, 11) is 0. The Kier molecular flexibility index (Phi) is 18.4. The van der Waals surface area contributed by atoms with Crippen molar-refractivity contribution in [3.05, 3.63) is 47.6 Å². The van der Waals surface area contributed by atoms with Crippen molar-refractivity contribution >= 4 is 5.43 Å². The second kappa shape index (κ2) is 15.4. The fraction of sp³-hybridized carbons (Fsp3) is 0.667. The average molecular weight is 519 g/mol. The zero-order chi connectivity index (χ0) is 20.5. The smallest absolute Gasteiger partial charge is 1.00 e. The van der Waals surface area contributed by atoms with E-state index in [1.807, 2.05) is 0 Å². The van der Waals surface area contributed by atoms with Crippen LogP contribution in [0.5, 0.6) is 0 Å². The number of hydrogen-bond acceptors (Lipinski definition) is 0. The Balaban J connectivity index is -0.000000355. The monoisotopic (exact) mass is 516 g/mol. The van der Waals surface area contributed by atoms with Gasteiger partial charge in [0.25, 0.3) is 0 Å². The van der Waals surface area contributed by atoms with Gasteiger partial charge in [-0.1, -0.05) is 90.9 Å². The number of allylic oxidation sites excluding steroid dienone is 8. The van der Waals surface area contributed by atoms with Gasteiger partial charge in [0, 0.05) is 0 Å². The van der Waals surface area contributed by atoms with Gasteiger partial charge in [-0.15, -0.1) is 0 Å². The standard InChI is InChI=1S/2C11H17.C2H6Si.2ClH.Zr/c2*1-5-9-6-7-10(8-9)11(2,3)4;1-3-2;;;/h2*7-9H,5H2,1-4H3;1-2H3;2*1H;/q2*-1;;;;+2/p-2. The molecule has 2 unspecified atom stereocenters. The molecule has 2 aliphatic carbocycles. The van der Waals surface area contributed by atoms with Gasteiger partial charge in [-0.25, -0.2) is 12.2 Å². The van der Waals surface area contributed by atoms with Crippen molar-refractivity contribution in [2.75, 3.05) is 0 Å². The van der Waals surface area contributed by atoms with Crippen LogP contribution in [0, 0.1) is 34.8 Å². The molecule has 0 fully saturated rings. The SMILES string of the molecule is CCC1[C-]=CC(C(C)(C)C)=C1.CCC1[C-]=CC(C(C)(C)C)=C1.C[Si](C)=[Zr+2].[Cl-].[Cl-]. The van der Waals surface area contributed by atoms with Crippen LogP contribution in [0.1, 0.15) is 68.2 Å². The summed E-state index contributed by atoms with van der Waals surface area (Å²) >= 11 is 1.74. The first kappa shape index (κ1) is 33.3. The molecule has 0 aromatic heterocycles. The van der Waals surface area contributed by atoms with E-state index in [2.05, 4.69) is 105 Å². The van der Waals surface area contributed by atoms with Crippen molar-refractivity contribution in [3.63, 3.8) is 0 Å². The van der Waals surface area contributed by atoms with Gasteiger partial charge in [-0.2, -0.15) is 23.3 Å². The van der Waals surface area contributed by atoms with E-state index in [-0.39, 0.29) is 30.2 Å². The Bertz CT molecular complexity index is 522. The summed E-state index contributed by atoms with van der Waals surface area (Å²) in [4.78, 5) is 0. The normalized spacial score (nSPS) is 19.9. The molecule has 2 atom stereocenters. The Morgan fingerprint density at radius 3 is 1.14 bits per heavy atom. The van der Waals surface area contributed by atoms with Crippen LogP contribution >= 0.6 is 0 Å². The molecule has 0 amide bonds. The van der Waals surface area contributed by atoms with Crippen LogP contribution in [0.4, 0.5) is 0 Å². The van der Waals surface area contributed by atoms with E-state index in [4.69, 9.17) is 0 Å². The number of rotatable bonds is 2. The van der Waals surface area contributed by atoms with Crippen molar-refractivity contribution < 1.29 is 48.1 Å². The van der Waals surface area contributed by atoms with E-state index < -0.39 is 0 Å². The first-order chi connectivity index (χ1) is 11.8. The van der Waals surface area contributed by atoms with Gasteiger partial charge >= 0.3 is 41.9 Å². The van der Waals surface area contributed by atoms with E-state index >= 15 is 0 Å². The first-order valence-corrected chi connectivity index (χ1v) is 16.1. The van der Waals surface area contributed by atoms with E-state index in [0.29, 0.717) is 22.7 Å². The topological polar surface area (TPSA) is 0 Å². The van der Waals surface area contributed by atoms with E-state index in [1.54, 1.807) is 23.3 Å². The summed E-state index contributed by atoms with van der Waals surface area (Å²) in [6, 6.07) is 0. The van der Waals surface area contributed by atoms with Gasteiger partial charge in [-0.05, 0) is 0 Å². The zero-order valence-electron chi connectivity index (χ0n) is 19.6. The molecule has 0 radical (unpaired) electrons. The molecular formula is C24H40Cl2SiZr-2. The molecule has 0 aromatic rings. The molecule has 0 saturated heterocycles. The molecule has 2 aliphatic rings. The Morgan fingerprint density at radius 2 is 1.04 bits per heavy atom. The molecule has 0 spiro atoms. The van der Waals surface area contributed by atoms with Crippen molar-refractivity contribution in [3.8, 4) is 0 Å². The molecule has 0 aromatic carbocycles. The second-order valence-corrected chi connectivity index (χ2v) is 18.8. The van der Waals surface area contributed by atoms with Crippen molar-refractivity contribution in [1.29, 1.82) is 0 Å². The third kappa shape index (κ3) is 14.6. The van der Waals surface area contributed by atoms with E-state index in [9.17, 15) is 0 Å². The maximum absolute atomic E-state index is 3.35. The van der Waals surface area contributed by atoms with Crippen LogP contribution in [0.15, 0.2) is 35.5 Å². The Labute approximate surface area is 204 Å².